The maximum Gasteiger partial charge on any atom is 0.306 e. The maximum atomic E-state index is 13.4. The van der Waals surface area contributed by atoms with Crippen molar-refractivity contribution in [1.29, 1.82) is 0 Å². The van der Waals surface area contributed by atoms with Gasteiger partial charge in [0.05, 0.1) is 12.0 Å². The van der Waals surface area contributed by atoms with Crippen molar-refractivity contribution in [2.24, 2.45) is 0 Å². The normalized spacial score (nSPS) is 10.4. The third-order valence-corrected chi connectivity index (χ3v) is 3.59. The monoisotopic (exact) mass is 310 g/mol. The van der Waals surface area contributed by atoms with Gasteiger partial charge in [0, 0.05) is 17.4 Å². The van der Waals surface area contributed by atoms with E-state index in [0.717, 1.165) is 17.0 Å². The van der Waals surface area contributed by atoms with Crippen molar-refractivity contribution < 1.29 is 23.1 Å². The lowest BCUT2D eigenvalue weighted by Crippen LogP contribution is -2.09. The van der Waals surface area contributed by atoms with Crippen LogP contribution in [0.1, 0.15) is 28.1 Å². The summed E-state index contributed by atoms with van der Waals surface area (Å²) in [6, 6.07) is 6.39. The van der Waals surface area contributed by atoms with Crippen molar-refractivity contribution in [3.8, 4) is 0 Å². The number of halogens is 2. The summed E-state index contributed by atoms with van der Waals surface area (Å²) >= 11 is 1.46. The van der Waals surface area contributed by atoms with Gasteiger partial charge >= 0.3 is 5.97 Å². The number of ketones is 1. The molecule has 21 heavy (non-hydrogen) atoms. The molecule has 2 rings (SSSR count). The molecule has 1 heterocycles. The number of Topliss-reactive ketones (excluding diaryl/α,β-unsaturated/α-hetero) is 1. The number of esters is 1. The summed E-state index contributed by atoms with van der Waals surface area (Å²) < 4.78 is 31.1. The second-order valence-electron chi connectivity index (χ2n) is 4.29. The van der Waals surface area contributed by atoms with Gasteiger partial charge in [-0.25, -0.2) is 8.78 Å². The number of benzene rings is 1. The molecule has 2 aromatic rings. The Hall–Kier alpha value is -2.08. The first-order valence-electron chi connectivity index (χ1n) is 6.22. The van der Waals surface area contributed by atoms with Crippen LogP contribution in [0.15, 0.2) is 35.7 Å². The molecular formula is C15H12F2O3S. The Morgan fingerprint density at radius 3 is 2.62 bits per heavy atom. The fourth-order valence-electron chi connectivity index (χ4n) is 1.68. The zero-order valence-electron chi connectivity index (χ0n) is 11.0. The van der Waals surface area contributed by atoms with E-state index in [1.54, 1.807) is 0 Å². The van der Waals surface area contributed by atoms with Crippen LogP contribution in [-0.2, 0) is 16.1 Å². The second kappa shape index (κ2) is 7.08. The summed E-state index contributed by atoms with van der Waals surface area (Å²) in [5, 5.41) is 1.87. The van der Waals surface area contributed by atoms with Crippen molar-refractivity contribution in [3.63, 3.8) is 0 Å². The van der Waals surface area contributed by atoms with Crippen LogP contribution in [0.5, 0.6) is 0 Å². The number of rotatable bonds is 6. The van der Waals surface area contributed by atoms with Gasteiger partial charge in [-0.05, 0) is 23.6 Å². The Morgan fingerprint density at radius 1 is 1.14 bits per heavy atom. The lowest BCUT2D eigenvalue weighted by molar-refractivity contribution is -0.144. The molecule has 1 aromatic carbocycles. The van der Waals surface area contributed by atoms with Crippen LogP contribution in [0.25, 0.3) is 0 Å². The molecule has 0 radical (unpaired) electrons. The molecular weight excluding hydrogens is 298 g/mol. The van der Waals surface area contributed by atoms with Crippen LogP contribution >= 0.6 is 11.3 Å². The molecule has 0 saturated carbocycles. The Kier molecular flexibility index (Phi) is 5.16. The predicted octanol–water partition coefficient (Wildman–Crippen LogP) is 3.73. The Morgan fingerprint density at radius 2 is 1.95 bits per heavy atom. The Bertz CT molecular complexity index is 638. The van der Waals surface area contributed by atoms with Crippen molar-refractivity contribution in [2.45, 2.75) is 19.4 Å². The second-order valence-corrected chi connectivity index (χ2v) is 5.32. The maximum absolute atomic E-state index is 13.4. The summed E-state index contributed by atoms with van der Waals surface area (Å²) in [5.74, 6) is -2.76. The van der Waals surface area contributed by atoms with Gasteiger partial charge in [0.25, 0.3) is 0 Å². The predicted molar refractivity (Wildman–Crippen MR) is 74.0 cm³/mol. The molecule has 0 fully saturated rings. The molecule has 6 heteroatoms. The average Bonchev–Trinajstić information content (AvgIpc) is 2.95. The number of hydrogen-bond acceptors (Lipinski definition) is 4. The highest BCUT2D eigenvalue weighted by atomic mass is 32.1. The van der Waals surface area contributed by atoms with Gasteiger partial charge in [-0.1, -0.05) is 6.07 Å². The van der Waals surface area contributed by atoms with Crippen LogP contribution in [0.2, 0.25) is 0 Å². The van der Waals surface area contributed by atoms with Gasteiger partial charge < -0.3 is 4.74 Å². The van der Waals surface area contributed by atoms with Gasteiger partial charge in [-0.2, -0.15) is 0 Å². The summed E-state index contributed by atoms with van der Waals surface area (Å²) in [6.07, 6.45) is -0.313. The van der Waals surface area contributed by atoms with Crippen LogP contribution in [0.4, 0.5) is 8.78 Å². The highest BCUT2D eigenvalue weighted by Gasteiger charge is 2.14. The zero-order chi connectivity index (χ0) is 15.2. The lowest BCUT2D eigenvalue weighted by atomic mass is 10.1. The molecule has 1 aromatic heterocycles. The minimum atomic E-state index is -0.924. The SMILES string of the molecule is O=C(CCC(=O)c1ccc(F)cc1F)OCc1cccs1. The van der Waals surface area contributed by atoms with Crippen LogP contribution in [-0.4, -0.2) is 11.8 Å². The topological polar surface area (TPSA) is 43.4 Å². The van der Waals surface area contributed by atoms with E-state index in [1.807, 2.05) is 17.5 Å². The first-order chi connectivity index (χ1) is 10.1. The van der Waals surface area contributed by atoms with Crippen LogP contribution in [0, 0.1) is 11.6 Å². The summed E-state index contributed by atoms with van der Waals surface area (Å²) in [5.41, 5.74) is -0.220. The van der Waals surface area contributed by atoms with E-state index in [0.29, 0.717) is 6.07 Å². The van der Waals surface area contributed by atoms with E-state index in [9.17, 15) is 18.4 Å². The van der Waals surface area contributed by atoms with E-state index >= 15 is 0 Å². The minimum Gasteiger partial charge on any atom is -0.460 e. The third-order valence-electron chi connectivity index (χ3n) is 2.74. The summed E-state index contributed by atoms with van der Waals surface area (Å²) in [4.78, 5) is 24.1. The number of carbonyl (C=O) groups excluding carboxylic acids is 2. The fraction of sp³-hybridized carbons (Fsp3) is 0.200. The molecule has 3 nitrogen and oxygen atoms in total. The molecule has 0 saturated heterocycles. The minimum absolute atomic E-state index is 0.138. The third kappa shape index (κ3) is 4.46. The first kappa shape index (κ1) is 15.3. The smallest absolute Gasteiger partial charge is 0.306 e. The number of ether oxygens (including phenoxy) is 1. The molecule has 0 aliphatic rings. The lowest BCUT2D eigenvalue weighted by Gasteiger charge is -2.04. The van der Waals surface area contributed by atoms with E-state index in [-0.39, 0.29) is 25.0 Å². The van der Waals surface area contributed by atoms with E-state index in [4.69, 9.17) is 4.74 Å². The Labute approximate surface area is 124 Å². The van der Waals surface area contributed by atoms with E-state index in [2.05, 4.69) is 0 Å². The molecule has 0 N–H and O–H groups in total. The standard InChI is InChI=1S/C15H12F2O3S/c16-10-3-4-12(13(17)8-10)14(18)5-6-15(19)20-9-11-2-1-7-21-11/h1-4,7-8H,5-6,9H2. The molecule has 0 bridgehead atoms. The van der Waals surface area contributed by atoms with Crippen molar-refractivity contribution >= 4 is 23.1 Å². The van der Waals surface area contributed by atoms with Gasteiger partial charge in [-0.15, -0.1) is 11.3 Å². The number of hydrogen-bond donors (Lipinski definition) is 0. The van der Waals surface area contributed by atoms with Gasteiger partial charge in [0.1, 0.15) is 18.2 Å². The van der Waals surface area contributed by atoms with Crippen molar-refractivity contribution in [3.05, 3.63) is 57.8 Å². The quantitative estimate of drug-likeness (QED) is 0.603. The molecule has 110 valence electrons. The molecule has 0 spiro atoms. The average molecular weight is 310 g/mol. The van der Waals surface area contributed by atoms with Crippen molar-refractivity contribution in [2.75, 3.05) is 0 Å². The highest BCUT2D eigenvalue weighted by molar-refractivity contribution is 7.09. The van der Waals surface area contributed by atoms with Crippen LogP contribution in [0.3, 0.4) is 0 Å². The molecule has 0 amide bonds. The summed E-state index contributed by atoms with van der Waals surface area (Å²) in [6.45, 7) is 0.162. The van der Waals surface area contributed by atoms with Gasteiger partial charge in [0.15, 0.2) is 5.78 Å². The Balaban J connectivity index is 1.81. The molecule has 0 unspecified atom stereocenters. The number of thiophene rings is 1. The number of carbonyl (C=O) groups is 2. The zero-order valence-corrected chi connectivity index (χ0v) is 11.8. The van der Waals surface area contributed by atoms with E-state index in [1.165, 1.54) is 11.3 Å². The first-order valence-corrected chi connectivity index (χ1v) is 7.10. The molecule has 0 atom stereocenters. The fourth-order valence-corrected chi connectivity index (χ4v) is 2.30. The molecule has 0 aliphatic heterocycles. The largest absolute Gasteiger partial charge is 0.460 e. The van der Waals surface area contributed by atoms with Gasteiger partial charge in [-0.3, -0.25) is 9.59 Å². The van der Waals surface area contributed by atoms with Crippen molar-refractivity contribution in [1.82, 2.24) is 0 Å². The molecule has 0 aliphatic carbocycles. The van der Waals surface area contributed by atoms with Crippen LogP contribution < -0.4 is 0 Å². The van der Waals surface area contributed by atoms with Gasteiger partial charge in [0.2, 0.25) is 0 Å². The summed E-state index contributed by atoms with van der Waals surface area (Å²) in [7, 11) is 0. The highest BCUT2D eigenvalue weighted by Crippen LogP contribution is 2.14. The van der Waals surface area contributed by atoms with E-state index < -0.39 is 23.4 Å².